The zero-order valence-corrected chi connectivity index (χ0v) is 7.59. The summed E-state index contributed by atoms with van der Waals surface area (Å²) in [5, 5.41) is 3.11. The molecule has 0 saturated carbocycles. The van der Waals surface area contributed by atoms with Crippen molar-refractivity contribution in [2.75, 3.05) is 7.05 Å². The smallest absolute Gasteiger partial charge is 0.139 e. The first kappa shape index (κ1) is 10.2. The van der Waals surface area contributed by atoms with Crippen molar-refractivity contribution in [3.63, 3.8) is 0 Å². The summed E-state index contributed by atoms with van der Waals surface area (Å²) >= 11 is 0. The van der Waals surface area contributed by atoms with Gasteiger partial charge in [-0.3, -0.25) is 0 Å². The second-order valence-corrected chi connectivity index (χ2v) is 2.58. The monoisotopic (exact) mass is 149 g/mol. The second-order valence-electron chi connectivity index (χ2n) is 2.58. The average molecular weight is 149 g/mol. The highest BCUT2D eigenvalue weighted by atomic mass is 14.8. The molecule has 0 heterocycles. The minimum atomic E-state index is 0.434. The standard InChI is InChI=1S/C9H16BN/c1-4-9(10)7-5-6-8(2)11-3/h4-8,11H,1,10H2,2-3H3/b6-5-,9-7+. The van der Waals surface area contributed by atoms with Gasteiger partial charge in [0.2, 0.25) is 0 Å². The molecule has 0 aliphatic carbocycles. The van der Waals surface area contributed by atoms with Gasteiger partial charge in [0.25, 0.3) is 0 Å². The van der Waals surface area contributed by atoms with E-state index < -0.39 is 0 Å². The van der Waals surface area contributed by atoms with E-state index in [9.17, 15) is 0 Å². The van der Waals surface area contributed by atoms with Crippen LogP contribution in [-0.2, 0) is 0 Å². The highest BCUT2D eigenvalue weighted by Crippen LogP contribution is 1.90. The molecule has 0 aromatic heterocycles. The summed E-state index contributed by atoms with van der Waals surface area (Å²) < 4.78 is 0. The molecule has 0 bridgehead atoms. The number of nitrogens with one attached hydrogen (secondary N) is 1. The number of rotatable bonds is 4. The van der Waals surface area contributed by atoms with E-state index in [-0.39, 0.29) is 0 Å². The number of allylic oxidation sites excluding steroid dienone is 4. The predicted molar refractivity (Wildman–Crippen MR) is 54.5 cm³/mol. The molecule has 0 rings (SSSR count). The molecule has 0 saturated heterocycles. The lowest BCUT2D eigenvalue weighted by Gasteiger charge is -2.00. The average Bonchev–Trinajstić information content (AvgIpc) is 2.04. The lowest BCUT2D eigenvalue weighted by Crippen LogP contribution is -2.17. The van der Waals surface area contributed by atoms with Crippen molar-refractivity contribution < 1.29 is 0 Å². The predicted octanol–water partition coefficient (Wildman–Crippen LogP) is 0.853. The first-order valence-corrected chi connectivity index (χ1v) is 3.85. The van der Waals surface area contributed by atoms with Crippen LogP contribution in [0, 0.1) is 0 Å². The molecular formula is C9H16BN. The first-order valence-electron chi connectivity index (χ1n) is 3.85. The van der Waals surface area contributed by atoms with Crippen LogP contribution in [0.3, 0.4) is 0 Å². The van der Waals surface area contributed by atoms with Gasteiger partial charge in [0.1, 0.15) is 7.85 Å². The molecule has 0 amide bonds. The van der Waals surface area contributed by atoms with E-state index in [1.807, 2.05) is 33.1 Å². The van der Waals surface area contributed by atoms with Crippen LogP contribution in [0.25, 0.3) is 0 Å². The fourth-order valence-corrected chi connectivity index (χ4v) is 0.538. The van der Waals surface area contributed by atoms with Crippen molar-refractivity contribution in [2.45, 2.75) is 13.0 Å². The first-order chi connectivity index (χ1) is 5.20. The van der Waals surface area contributed by atoms with Gasteiger partial charge >= 0.3 is 0 Å². The Hall–Kier alpha value is -0.755. The van der Waals surface area contributed by atoms with E-state index in [0.717, 1.165) is 0 Å². The molecule has 11 heavy (non-hydrogen) atoms. The number of hydrogen-bond donors (Lipinski definition) is 1. The summed E-state index contributed by atoms with van der Waals surface area (Å²) in [6.45, 7) is 5.77. The van der Waals surface area contributed by atoms with E-state index in [1.54, 1.807) is 0 Å². The maximum atomic E-state index is 3.66. The normalized spacial score (nSPS) is 15.3. The van der Waals surface area contributed by atoms with Crippen LogP contribution in [0.2, 0.25) is 0 Å². The summed E-state index contributed by atoms with van der Waals surface area (Å²) in [4.78, 5) is 0. The molecule has 0 aliphatic rings. The van der Waals surface area contributed by atoms with Gasteiger partial charge in [-0.1, -0.05) is 36.4 Å². The van der Waals surface area contributed by atoms with Crippen LogP contribution < -0.4 is 5.32 Å². The molecule has 0 spiro atoms. The molecule has 1 N–H and O–H groups in total. The van der Waals surface area contributed by atoms with Crippen molar-refractivity contribution in [3.05, 3.63) is 36.4 Å². The van der Waals surface area contributed by atoms with E-state index in [1.165, 1.54) is 5.47 Å². The molecule has 1 atom stereocenters. The summed E-state index contributed by atoms with van der Waals surface area (Å²) in [7, 11) is 3.97. The van der Waals surface area contributed by atoms with Crippen LogP contribution in [-0.4, -0.2) is 20.9 Å². The van der Waals surface area contributed by atoms with Crippen molar-refractivity contribution in [1.29, 1.82) is 0 Å². The number of likely N-dealkylation sites (N-methyl/N-ethyl adjacent to an activating group) is 1. The highest BCUT2D eigenvalue weighted by Gasteiger charge is 1.85. The Morgan fingerprint density at radius 2 is 2.27 bits per heavy atom. The Morgan fingerprint density at radius 3 is 2.73 bits per heavy atom. The maximum Gasteiger partial charge on any atom is 0.139 e. The molecule has 1 nitrogen and oxygen atoms in total. The third kappa shape index (κ3) is 5.68. The molecule has 1 unspecified atom stereocenters. The SMILES string of the molecule is B/C(C=C)=C/C=C\C(C)NC. The Morgan fingerprint density at radius 1 is 1.64 bits per heavy atom. The van der Waals surface area contributed by atoms with Crippen LogP contribution >= 0.6 is 0 Å². The van der Waals surface area contributed by atoms with E-state index in [0.29, 0.717) is 6.04 Å². The lowest BCUT2D eigenvalue weighted by molar-refractivity contribution is 0.729. The van der Waals surface area contributed by atoms with Crippen molar-refractivity contribution in [2.24, 2.45) is 0 Å². The van der Waals surface area contributed by atoms with Gasteiger partial charge in [-0.25, -0.2) is 0 Å². The fourth-order valence-electron chi connectivity index (χ4n) is 0.538. The third-order valence-electron chi connectivity index (χ3n) is 1.54. The Kier molecular flexibility index (Phi) is 5.58. The molecule has 0 fully saturated rings. The zero-order valence-electron chi connectivity index (χ0n) is 7.59. The molecule has 60 valence electrons. The Labute approximate surface area is 70.3 Å². The van der Waals surface area contributed by atoms with Crippen molar-refractivity contribution >= 4 is 7.85 Å². The summed E-state index contributed by atoms with van der Waals surface area (Å²) in [5.74, 6) is 0. The zero-order chi connectivity index (χ0) is 8.69. The lowest BCUT2D eigenvalue weighted by atomic mass is 9.95. The van der Waals surface area contributed by atoms with Crippen LogP contribution in [0.15, 0.2) is 36.4 Å². The van der Waals surface area contributed by atoms with Crippen molar-refractivity contribution in [1.82, 2.24) is 5.32 Å². The van der Waals surface area contributed by atoms with Crippen LogP contribution in [0.4, 0.5) is 0 Å². The minimum Gasteiger partial charge on any atom is -0.314 e. The second kappa shape index (κ2) is 5.99. The largest absolute Gasteiger partial charge is 0.314 e. The Bertz CT molecular complexity index is 170. The summed E-state index contributed by atoms with van der Waals surface area (Å²) in [5.41, 5.74) is 1.18. The van der Waals surface area contributed by atoms with Gasteiger partial charge in [-0.15, -0.1) is 0 Å². The fraction of sp³-hybridized carbons (Fsp3) is 0.333. The molecule has 0 aromatic carbocycles. The van der Waals surface area contributed by atoms with Gasteiger partial charge in [0.15, 0.2) is 0 Å². The van der Waals surface area contributed by atoms with Gasteiger partial charge in [-0.05, 0) is 14.0 Å². The highest BCUT2D eigenvalue weighted by molar-refractivity contribution is 6.23. The van der Waals surface area contributed by atoms with Crippen LogP contribution in [0.1, 0.15) is 6.92 Å². The third-order valence-corrected chi connectivity index (χ3v) is 1.54. The van der Waals surface area contributed by atoms with E-state index in [2.05, 4.69) is 24.9 Å². The van der Waals surface area contributed by atoms with Crippen LogP contribution in [0.5, 0.6) is 0 Å². The molecular weight excluding hydrogens is 133 g/mol. The molecule has 0 aromatic rings. The summed E-state index contributed by atoms with van der Waals surface area (Å²) in [6, 6.07) is 0.434. The van der Waals surface area contributed by atoms with Gasteiger partial charge in [0.05, 0.1) is 0 Å². The van der Waals surface area contributed by atoms with E-state index in [4.69, 9.17) is 0 Å². The molecule has 0 aliphatic heterocycles. The Balaban J connectivity index is 3.84. The van der Waals surface area contributed by atoms with E-state index >= 15 is 0 Å². The van der Waals surface area contributed by atoms with Gasteiger partial charge in [-0.2, -0.15) is 0 Å². The molecule has 0 radical (unpaired) electrons. The topological polar surface area (TPSA) is 12.0 Å². The summed E-state index contributed by atoms with van der Waals surface area (Å²) in [6.07, 6.45) is 8.03. The van der Waals surface area contributed by atoms with Gasteiger partial charge < -0.3 is 5.32 Å². The van der Waals surface area contributed by atoms with Gasteiger partial charge in [0, 0.05) is 6.04 Å². The maximum absolute atomic E-state index is 3.66. The quantitative estimate of drug-likeness (QED) is 0.461. The van der Waals surface area contributed by atoms with Crippen molar-refractivity contribution in [3.8, 4) is 0 Å². The minimum absolute atomic E-state index is 0.434. The number of hydrogen-bond acceptors (Lipinski definition) is 1. The molecule has 2 heteroatoms.